The Morgan fingerprint density at radius 2 is 2.11 bits per heavy atom. The third kappa shape index (κ3) is 2.21. The van der Waals surface area contributed by atoms with Crippen LogP contribution in [0.5, 0.6) is 0 Å². The molecule has 4 nitrogen and oxygen atoms in total. The lowest BCUT2D eigenvalue weighted by Crippen LogP contribution is -2.45. The molecule has 0 aromatic heterocycles. The van der Waals surface area contributed by atoms with Gasteiger partial charge in [0.2, 0.25) is 0 Å². The van der Waals surface area contributed by atoms with Crippen LogP contribution < -0.4 is 5.32 Å². The number of fused-ring (bicyclic) bond motifs is 1. The van der Waals surface area contributed by atoms with Gasteiger partial charge in [-0.25, -0.2) is 0 Å². The predicted molar refractivity (Wildman–Crippen MR) is 75.2 cm³/mol. The first-order valence-electron chi connectivity index (χ1n) is 6.56. The summed E-state index contributed by atoms with van der Waals surface area (Å²) in [5.74, 6) is -0.353. The van der Waals surface area contributed by atoms with Crippen molar-refractivity contribution in [3.63, 3.8) is 0 Å². The van der Waals surface area contributed by atoms with E-state index in [1.807, 2.05) is 0 Å². The van der Waals surface area contributed by atoms with E-state index in [9.17, 15) is 9.59 Å². The highest BCUT2D eigenvalue weighted by molar-refractivity contribution is 9.10. The lowest BCUT2D eigenvalue weighted by molar-refractivity contribution is 0.0632. The molecular weight excluding hydrogens is 308 g/mol. The maximum atomic E-state index is 12.3. The third-order valence-corrected chi connectivity index (χ3v) is 4.42. The number of rotatable bonds is 2. The van der Waals surface area contributed by atoms with E-state index in [0.717, 1.165) is 19.4 Å². The first kappa shape index (κ1) is 12.8. The monoisotopic (exact) mass is 322 g/mol. The number of nitrogens with zero attached hydrogens (tertiary/aromatic N) is 1. The Balaban J connectivity index is 1.84. The van der Waals surface area contributed by atoms with Gasteiger partial charge in [-0.3, -0.25) is 14.5 Å². The number of hydrogen-bond acceptors (Lipinski definition) is 3. The summed E-state index contributed by atoms with van der Waals surface area (Å²) >= 11 is 3.35. The fourth-order valence-corrected chi connectivity index (χ4v) is 3.29. The summed E-state index contributed by atoms with van der Waals surface area (Å²) in [6.45, 7) is 1.44. The van der Waals surface area contributed by atoms with Crippen molar-refractivity contribution in [3.05, 3.63) is 33.8 Å². The number of amides is 2. The summed E-state index contributed by atoms with van der Waals surface area (Å²) in [5, 5.41) is 3.37. The number of carbonyl (C=O) groups is 2. The minimum Gasteiger partial charge on any atom is -0.312 e. The number of piperidine rings is 1. The van der Waals surface area contributed by atoms with E-state index in [-0.39, 0.29) is 17.9 Å². The molecule has 19 heavy (non-hydrogen) atoms. The maximum Gasteiger partial charge on any atom is 0.262 e. The van der Waals surface area contributed by atoms with Gasteiger partial charge in [0, 0.05) is 17.1 Å². The quantitative estimate of drug-likeness (QED) is 0.849. The zero-order valence-electron chi connectivity index (χ0n) is 10.5. The van der Waals surface area contributed by atoms with Gasteiger partial charge in [-0.2, -0.15) is 0 Å². The Bertz CT molecular complexity index is 538. The minimum atomic E-state index is -0.181. The fourth-order valence-electron chi connectivity index (χ4n) is 2.76. The average Bonchev–Trinajstić information content (AvgIpc) is 2.66. The van der Waals surface area contributed by atoms with Crippen molar-refractivity contribution in [2.24, 2.45) is 0 Å². The standard InChI is InChI=1S/C14H15BrN2O2/c15-11-6-3-5-10-12(11)14(19)17(13(10)18)8-9-4-1-2-7-16-9/h3,5-6,9,16H,1-2,4,7-8H2. The molecule has 1 N–H and O–H groups in total. The van der Waals surface area contributed by atoms with Crippen molar-refractivity contribution in [2.75, 3.05) is 13.1 Å². The van der Waals surface area contributed by atoms with E-state index < -0.39 is 0 Å². The second-order valence-electron chi connectivity index (χ2n) is 5.03. The van der Waals surface area contributed by atoms with Crippen LogP contribution in [0.2, 0.25) is 0 Å². The largest absolute Gasteiger partial charge is 0.312 e. The predicted octanol–water partition coefficient (Wildman–Crippen LogP) is 2.19. The van der Waals surface area contributed by atoms with Gasteiger partial charge < -0.3 is 5.32 Å². The number of nitrogens with one attached hydrogen (secondary N) is 1. The van der Waals surface area contributed by atoms with Crippen LogP contribution in [-0.4, -0.2) is 35.8 Å². The second-order valence-corrected chi connectivity index (χ2v) is 5.88. The zero-order valence-corrected chi connectivity index (χ0v) is 12.1. The Kier molecular flexibility index (Phi) is 3.41. The number of carbonyl (C=O) groups excluding carboxylic acids is 2. The van der Waals surface area contributed by atoms with Crippen LogP contribution >= 0.6 is 15.9 Å². The van der Waals surface area contributed by atoms with Crippen LogP contribution in [0.4, 0.5) is 0 Å². The van der Waals surface area contributed by atoms with Crippen LogP contribution in [0, 0.1) is 0 Å². The summed E-state index contributed by atoms with van der Waals surface area (Å²) in [4.78, 5) is 26.0. The Labute approximate surface area is 120 Å². The van der Waals surface area contributed by atoms with E-state index in [0.29, 0.717) is 22.1 Å². The third-order valence-electron chi connectivity index (χ3n) is 3.76. The van der Waals surface area contributed by atoms with Crippen molar-refractivity contribution in [1.29, 1.82) is 0 Å². The zero-order chi connectivity index (χ0) is 13.4. The topological polar surface area (TPSA) is 49.4 Å². The van der Waals surface area contributed by atoms with Gasteiger partial charge >= 0.3 is 0 Å². The average molecular weight is 323 g/mol. The first-order valence-corrected chi connectivity index (χ1v) is 7.36. The molecule has 3 rings (SSSR count). The van der Waals surface area contributed by atoms with Gasteiger partial charge in [0.05, 0.1) is 11.1 Å². The summed E-state index contributed by atoms with van der Waals surface area (Å²) in [5.41, 5.74) is 1.01. The fraction of sp³-hybridized carbons (Fsp3) is 0.429. The molecule has 0 saturated carbocycles. The molecule has 0 bridgehead atoms. The number of imide groups is 1. The Hall–Kier alpha value is -1.20. The molecule has 2 aliphatic rings. The van der Waals surface area contributed by atoms with Crippen LogP contribution in [0.25, 0.3) is 0 Å². The number of hydrogen-bond donors (Lipinski definition) is 1. The van der Waals surface area contributed by atoms with Crippen molar-refractivity contribution in [1.82, 2.24) is 10.2 Å². The molecule has 1 unspecified atom stereocenters. The van der Waals surface area contributed by atoms with E-state index in [4.69, 9.17) is 0 Å². The normalized spacial score (nSPS) is 22.8. The van der Waals surface area contributed by atoms with Crippen LogP contribution in [0.15, 0.2) is 22.7 Å². The summed E-state index contributed by atoms with van der Waals surface area (Å²) < 4.78 is 0.697. The van der Waals surface area contributed by atoms with Gasteiger partial charge in [0.15, 0.2) is 0 Å². The molecule has 2 aliphatic heterocycles. The molecule has 2 amide bonds. The number of benzene rings is 1. The van der Waals surface area contributed by atoms with E-state index in [1.165, 1.54) is 11.3 Å². The van der Waals surface area contributed by atoms with E-state index in [2.05, 4.69) is 21.2 Å². The van der Waals surface area contributed by atoms with Crippen molar-refractivity contribution in [3.8, 4) is 0 Å². The van der Waals surface area contributed by atoms with E-state index >= 15 is 0 Å². The molecule has 1 aromatic rings. The molecule has 2 heterocycles. The molecular formula is C14H15BrN2O2. The smallest absolute Gasteiger partial charge is 0.262 e. The van der Waals surface area contributed by atoms with E-state index in [1.54, 1.807) is 18.2 Å². The first-order chi connectivity index (χ1) is 9.18. The van der Waals surface area contributed by atoms with Gasteiger partial charge in [-0.05, 0) is 47.4 Å². The van der Waals surface area contributed by atoms with Gasteiger partial charge in [-0.15, -0.1) is 0 Å². The maximum absolute atomic E-state index is 12.3. The molecule has 1 saturated heterocycles. The van der Waals surface area contributed by atoms with Crippen molar-refractivity contribution in [2.45, 2.75) is 25.3 Å². The highest BCUT2D eigenvalue weighted by atomic mass is 79.9. The summed E-state index contributed by atoms with van der Waals surface area (Å²) in [6, 6.07) is 5.53. The molecule has 0 radical (unpaired) electrons. The molecule has 0 aliphatic carbocycles. The van der Waals surface area contributed by atoms with Crippen LogP contribution in [0.3, 0.4) is 0 Å². The minimum absolute atomic E-state index is 0.173. The molecule has 0 spiro atoms. The molecule has 1 aromatic carbocycles. The highest BCUT2D eigenvalue weighted by Gasteiger charge is 2.38. The summed E-state index contributed by atoms with van der Waals surface area (Å²) in [7, 11) is 0. The highest BCUT2D eigenvalue weighted by Crippen LogP contribution is 2.29. The van der Waals surface area contributed by atoms with Gasteiger partial charge in [0.1, 0.15) is 0 Å². The lowest BCUT2D eigenvalue weighted by Gasteiger charge is -2.27. The van der Waals surface area contributed by atoms with Gasteiger partial charge in [-0.1, -0.05) is 12.5 Å². The Morgan fingerprint density at radius 1 is 1.26 bits per heavy atom. The lowest BCUT2D eigenvalue weighted by atomic mass is 10.0. The van der Waals surface area contributed by atoms with Crippen molar-refractivity contribution >= 4 is 27.7 Å². The molecule has 5 heteroatoms. The Morgan fingerprint density at radius 3 is 2.79 bits per heavy atom. The van der Waals surface area contributed by atoms with Crippen LogP contribution in [0.1, 0.15) is 40.0 Å². The molecule has 100 valence electrons. The summed E-state index contributed by atoms with van der Waals surface area (Å²) in [6.07, 6.45) is 3.35. The van der Waals surface area contributed by atoms with Crippen molar-refractivity contribution < 1.29 is 9.59 Å². The second kappa shape index (κ2) is 5.06. The SMILES string of the molecule is O=C1c2cccc(Br)c2C(=O)N1CC1CCCCN1. The van der Waals surface area contributed by atoms with Crippen LogP contribution in [-0.2, 0) is 0 Å². The molecule has 1 fully saturated rings. The van der Waals surface area contributed by atoms with Gasteiger partial charge in [0.25, 0.3) is 11.8 Å². The molecule has 1 atom stereocenters. The number of halogens is 1.